The lowest BCUT2D eigenvalue weighted by atomic mass is 10.1. The molecule has 0 bridgehead atoms. The van der Waals surface area contributed by atoms with Gasteiger partial charge in [-0.25, -0.2) is 13.1 Å². The van der Waals surface area contributed by atoms with Gasteiger partial charge in [-0.05, 0) is 32.0 Å². The van der Waals surface area contributed by atoms with E-state index in [-0.39, 0.29) is 22.0 Å². The average molecular weight is 288 g/mol. The molecule has 0 radical (unpaired) electrons. The maximum atomic E-state index is 11.9. The molecule has 0 aliphatic heterocycles. The molecule has 1 rings (SSSR count). The summed E-state index contributed by atoms with van der Waals surface area (Å²) in [5, 5.41) is 9.02. The van der Waals surface area contributed by atoms with Crippen LogP contribution in [0.4, 0.5) is 0 Å². The van der Waals surface area contributed by atoms with Gasteiger partial charge in [0, 0.05) is 12.1 Å². The molecule has 5 nitrogen and oxygen atoms in total. The van der Waals surface area contributed by atoms with Crippen LogP contribution in [0, 0.1) is 11.3 Å². The van der Waals surface area contributed by atoms with E-state index in [4.69, 9.17) is 22.6 Å². The minimum Gasteiger partial charge on any atom is -0.324 e. The molecule has 1 aromatic carbocycles. The van der Waals surface area contributed by atoms with Crippen LogP contribution >= 0.6 is 11.6 Å². The monoisotopic (exact) mass is 287 g/mol. The van der Waals surface area contributed by atoms with Crippen LogP contribution in [0.5, 0.6) is 0 Å². The molecule has 0 aliphatic carbocycles. The number of rotatable bonds is 4. The number of nitrogens with two attached hydrogens (primary N) is 1. The van der Waals surface area contributed by atoms with Crippen molar-refractivity contribution in [2.75, 3.05) is 6.54 Å². The summed E-state index contributed by atoms with van der Waals surface area (Å²) in [7, 11) is -3.68. The van der Waals surface area contributed by atoms with Crippen molar-refractivity contribution < 1.29 is 8.42 Å². The summed E-state index contributed by atoms with van der Waals surface area (Å²) >= 11 is 5.74. The van der Waals surface area contributed by atoms with E-state index in [0.717, 1.165) is 0 Å². The maximum Gasteiger partial charge on any atom is 0.240 e. The number of hydrogen-bond donors (Lipinski definition) is 2. The first-order valence-electron chi connectivity index (χ1n) is 5.14. The van der Waals surface area contributed by atoms with Crippen LogP contribution in [-0.2, 0) is 10.0 Å². The Bertz CT molecular complexity index is 585. The van der Waals surface area contributed by atoms with Crippen molar-refractivity contribution in [1.82, 2.24) is 4.72 Å². The van der Waals surface area contributed by atoms with Gasteiger partial charge < -0.3 is 5.73 Å². The van der Waals surface area contributed by atoms with Crippen LogP contribution in [0.15, 0.2) is 23.1 Å². The lowest BCUT2D eigenvalue weighted by Crippen LogP contribution is -2.45. The third-order valence-corrected chi connectivity index (χ3v) is 3.81. The topological polar surface area (TPSA) is 96.0 Å². The first-order chi connectivity index (χ1) is 8.15. The summed E-state index contributed by atoms with van der Waals surface area (Å²) < 4.78 is 26.3. The molecule has 0 unspecified atom stereocenters. The molecule has 0 aromatic heterocycles. The van der Waals surface area contributed by atoms with Crippen molar-refractivity contribution in [1.29, 1.82) is 5.26 Å². The van der Waals surface area contributed by atoms with Crippen molar-refractivity contribution in [3.8, 4) is 6.07 Å². The lowest BCUT2D eigenvalue weighted by Gasteiger charge is -2.19. The van der Waals surface area contributed by atoms with E-state index in [1.807, 2.05) is 6.07 Å². The van der Waals surface area contributed by atoms with Crippen molar-refractivity contribution in [3.63, 3.8) is 0 Å². The molecule has 0 amide bonds. The molecule has 0 atom stereocenters. The van der Waals surface area contributed by atoms with E-state index in [1.54, 1.807) is 13.8 Å². The van der Waals surface area contributed by atoms with E-state index in [1.165, 1.54) is 18.2 Å². The molecule has 18 heavy (non-hydrogen) atoms. The zero-order chi connectivity index (χ0) is 14.0. The van der Waals surface area contributed by atoms with E-state index in [0.29, 0.717) is 0 Å². The van der Waals surface area contributed by atoms with Crippen LogP contribution in [0.1, 0.15) is 19.4 Å². The third-order valence-electron chi connectivity index (χ3n) is 2.09. The first kappa shape index (κ1) is 14.9. The highest BCUT2D eigenvalue weighted by atomic mass is 35.5. The van der Waals surface area contributed by atoms with E-state index >= 15 is 0 Å². The third kappa shape index (κ3) is 3.96. The number of nitrogens with one attached hydrogen (secondary N) is 1. The molecule has 7 heteroatoms. The van der Waals surface area contributed by atoms with Crippen molar-refractivity contribution in [3.05, 3.63) is 28.8 Å². The van der Waals surface area contributed by atoms with Crippen LogP contribution < -0.4 is 10.5 Å². The van der Waals surface area contributed by atoms with Crippen LogP contribution in [0.2, 0.25) is 5.02 Å². The van der Waals surface area contributed by atoms with Gasteiger partial charge in [-0.2, -0.15) is 5.26 Å². The van der Waals surface area contributed by atoms with Gasteiger partial charge in [-0.1, -0.05) is 11.6 Å². The van der Waals surface area contributed by atoms with Gasteiger partial charge in [0.1, 0.15) is 6.07 Å². The normalized spacial score (nSPS) is 12.2. The number of benzene rings is 1. The number of halogens is 1. The minimum atomic E-state index is -3.68. The Labute approximate surface area is 112 Å². The molecule has 0 saturated carbocycles. The predicted molar refractivity (Wildman–Crippen MR) is 69.6 cm³/mol. The first-order valence-corrected chi connectivity index (χ1v) is 7.00. The fraction of sp³-hybridized carbons (Fsp3) is 0.364. The van der Waals surface area contributed by atoms with Gasteiger partial charge in [0.05, 0.1) is 15.5 Å². The van der Waals surface area contributed by atoms with Crippen LogP contribution in [0.3, 0.4) is 0 Å². The summed E-state index contributed by atoms with van der Waals surface area (Å²) in [5.74, 6) is 0. The molecular formula is C11H14ClN3O2S. The molecule has 0 fully saturated rings. The summed E-state index contributed by atoms with van der Waals surface area (Å²) in [6.07, 6.45) is 0. The zero-order valence-corrected chi connectivity index (χ0v) is 11.6. The minimum absolute atomic E-state index is 0.00676. The van der Waals surface area contributed by atoms with Gasteiger partial charge in [0.15, 0.2) is 0 Å². The second kappa shape index (κ2) is 5.24. The van der Waals surface area contributed by atoms with Crippen molar-refractivity contribution >= 4 is 21.6 Å². The summed E-state index contributed by atoms with van der Waals surface area (Å²) in [4.78, 5) is -0.00676. The number of nitriles is 1. The molecule has 3 N–H and O–H groups in total. The van der Waals surface area contributed by atoms with E-state index in [2.05, 4.69) is 4.72 Å². The fourth-order valence-corrected chi connectivity index (χ4v) is 2.53. The van der Waals surface area contributed by atoms with E-state index in [9.17, 15) is 8.42 Å². The molecule has 0 heterocycles. The van der Waals surface area contributed by atoms with Gasteiger partial charge in [-0.3, -0.25) is 0 Å². The SMILES string of the molecule is CC(C)(N)CNS(=O)(=O)c1ccc(Cl)c(C#N)c1. The molecule has 0 saturated heterocycles. The summed E-state index contributed by atoms with van der Waals surface area (Å²) in [6.45, 7) is 3.51. The van der Waals surface area contributed by atoms with E-state index < -0.39 is 15.6 Å². The zero-order valence-electron chi connectivity index (χ0n) is 10.1. The van der Waals surface area contributed by atoms with Crippen LogP contribution in [-0.4, -0.2) is 20.5 Å². The average Bonchev–Trinajstić information content (AvgIpc) is 2.26. The quantitative estimate of drug-likeness (QED) is 0.870. The summed E-state index contributed by atoms with van der Waals surface area (Å²) in [6, 6.07) is 5.78. The van der Waals surface area contributed by atoms with Crippen molar-refractivity contribution in [2.24, 2.45) is 5.73 Å². The van der Waals surface area contributed by atoms with Gasteiger partial charge in [0.25, 0.3) is 0 Å². The van der Waals surface area contributed by atoms with Crippen molar-refractivity contribution in [2.45, 2.75) is 24.3 Å². The standard InChI is InChI=1S/C11H14ClN3O2S/c1-11(2,14)7-15-18(16,17)9-3-4-10(12)8(5-9)6-13/h3-5,15H,7,14H2,1-2H3. The Morgan fingerprint density at radius 3 is 2.61 bits per heavy atom. The molecule has 1 aromatic rings. The number of nitrogens with zero attached hydrogens (tertiary/aromatic N) is 1. The second-order valence-electron chi connectivity index (χ2n) is 4.57. The van der Waals surface area contributed by atoms with Gasteiger partial charge >= 0.3 is 0 Å². The Morgan fingerprint density at radius 1 is 1.50 bits per heavy atom. The predicted octanol–water partition coefficient (Wildman–Crippen LogP) is 1.23. The number of sulfonamides is 1. The number of hydrogen-bond acceptors (Lipinski definition) is 4. The molecule has 0 spiro atoms. The Hall–Kier alpha value is -1.13. The highest BCUT2D eigenvalue weighted by Crippen LogP contribution is 2.19. The highest BCUT2D eigenvalue weighted by molar-refractivity contribution is 7.89. The molecular weight excluding hydrogens is 274 g/mol. The second-order valence-corrected chi connectivity index (χ2v) is 6.74. The molecule has 0 aliphatic rings. The largest absolute Gasteiger partial charge is 0.324 e. The smallest absolute Gasteiger partial charge is 0.240 e. The Balaban J connectivity index is 3.03. The lowest BCUT2D eigenvalue weighted by molar-refractivity contribution is 0.498. The fourth-order valence-electron chi connectivity index (χ4n) is 1.12. The van der Waals surface area contributed by atoms with Gasteiger partial charge in [0.2, 0.25) is 10.0 Å². The molecule has 98 valence electrons. The van der Waals surface area contributed by atoms with Crippen LogP contribution in [0.25, 0.3) is 0 Å². The Kier molecular flexibility index (Phi) is 4.35. The van der Waals surface area contributed by atoms with Gasteiger partial charge in [-0.15, -0.1) is 0 Å². The maximum absolute atomic E-state index is 11.9. The highest BCUT2D eigenvalue weighted by Gasteiger charge is 2.19. The Morgan fingerprint density at radius 2 is 2.11 bits per heavy atom. The summed E-state index contributed by atoms with van der Waals surface area (Å²) in [5.41, 5.74) is 5.16.